The maximum atomic E-state index is 14.1. The molecule has 0 radical (unpaired) electrons. The van der Waals surface area contributed by atoms with Crippen LogP contribution in [0.2, 0.25) is 0 Å². The van der Waals surface area contributed by atoms with Crippen molar-refractivity contribution < 1.29 is 24.2 Å². The summed E-state index contributed by atoms with van der Waals surface area (Å²) < 4.78 is 5.42. The molecule has 0 saturated heterocycles. The summed E-state index contributed by atoms with van der Waals surface area (Å²) in [6, 6.07) is 18.8. The van der Waals surface area contributed by atoms with Crippen LogP contribution in [0.4, 0.5) is 10.5 Å². The Labute approximate surface area is 236 Å². The molecule has 3 rings (SSSR count). The molecule has 0 aliphatic carbocycles. The number of anilines is 1. The monoisotopic (exact) mass is 547 g/mol. The summed E-state index contributed by atoms with van der Waals surface area (Å²) >= 11 is 0. The summed E-state index contributed by atoms with van der Waals surface area (Å²) in [5.41, 5.74) is 1.29. The van der Waals surface area contributed by atoms with Crippen LogP contribution in [-0.4, -0.2) is 52.7 Å². The first-order chi connectivity index (χ1) is 18.9. The van der Waals surface area contributed by atoms with Gasteiger partial charge in [0.15, 0.2) is 0 Å². The average molecular weight is 548 g/mol. The van der Waals surface area contributed by atoms with E-state index in [9.17, 15) is 19.5 Å². The van der Waals surface area contributed by atoms with Crippen molar-refractivity contribution in [2.45, 2.75) is 65.6 Å². The zero-order valence-electron chi connectivity index (χ0n) is 24.2. The number of rotatable bonds is 10. The van der Waals surface area contributed by atoms with Crippen LogP contribution in [0.3, 0.4) is 0 Å². The second-order valence-electron chi connectivity index (χ2n) is 11.4. The van der Waals surface area contributed by atoms with Gasteiger partial charge in [0.2, 0.25) is 5.91 Å². The molecule has 214 valence electrons. The number of nitrogens with one attached hydrogen (secondary N) is 2. The van der Waals surface area contributed by atoms with Gasteiger partial charge in [0.05, 0.1) is 6.61 Å². The fourth-order valence-electron chi connectivity index (χ4n) is 4.64. The van der Waals surface area contributed by atoms with Crippen molar-refractivity contribution in [1.82, 2.24) is 10.2 Å². The van der Waals surface area contributed by atoms with Gasteiger partial charge in [-0.05, 0) is 74.1 Å². The molecule has 0 aliphatic heterocycles. The fourth-order valence-corrected chi connectivity index (χ4v) is 4.64. The number of aliphatic hydroxyl groups excluding tert-OH is 1. The maximum Gasteiger partial charge on any atom is 0.408 e. The van der Waals surface area contributed by atoms with E-state index in [0.29, 0.717) is 17.7 Å². The first kappa shape index (κ1) is 30.6. The van der Waals surface area contributed by atoms with E-state index in [-0.39, 0.29) is 19.1 Å². The Balaban J connectivity index is 2.01. The average Bonchev–Trinajstić information content (AvgIpc) is 2.87. The number of aliphatic hydroxyl groups is 1. The molecule has 3 N–H and O–H groups in total. The van der Waals surface area contributed by atoms with Crippen LogP contribution in [0.15, 0.2) is 66.7 Å². The second kappa shape index (κ2) is 13.4. The molecule has 8 nitrogen and oxygen atoms in total. The van der Waals surface area contributed by atoms with Gasteiger partial charge in [0.25, 0.3) is 5.91 Å². The van der Waals surface area contributed by atoms with Gasteiger partial charge >= 0.3 is 6.09 Å². The lowest BCUT2D eigenvalue weighted by Gasteiger charge is -2.35. The highest BCUT2D eigenvalue weighted by atomic mass is 16.6. The van der Waals surface area contributed by atoms with Crippen molar-refractivity contribution in [3.63, 3.8) is 0 Å². The highest BCUT2D eigenvalue weighted by Gasteiger charge is 2.37. The van der Waals surface area contributed by atoms with E-state index in [0.717, 1.165) is 16.3 Å². The van der Waals surface area contributed by atoms with Crippen molar-refractivity contribution in [3.05, 3.63) is 77.9 Å². The molecule has 0 heterocycles. The van der Waals surface area contributed by atoms with Crippen LogP contribution in [0, 0.1) is 12.8 Å². The summed E-state index contributed by atoms with van der Waals surface area (Å²) in [6.45, 7) is 10.5. The number of ether oxygens (including phenoxy) is 1. The Morgan fingerprint density at radius 1 is 0.950 bits per heavy atom. The topological polar surface area (TPSA) is 108 Å². The molecule has 8 heteroatoms. The van der Waals surface area contributed by atoms with Crippen molar-refractivity contribution in [2.24, 2.45) is 5.92 Å². The SMILES string of the molecule is Cc1ccccc1C(C(=O)Nc1ccc2ccccc2c1)N(CCO)C(=O)C(CC(C)C)NC(=O)OC(C)(C)C. The summed E-state index contributed by atoms with van der Waals surface area (Å²) in [7, 11) is 0. The molecule has 0 saturated carbocycles. The van der Waals surface area contributed by atoms with Crippen LogP contribution in [0.5, 0.6) is 0 Å². The minimum atomic E-state index is -1.05. The molecular formula is C32H41N3O5. The number of alkyl carbamates (subject to hydrolysis) is 1. The summed E-state index contributed by atoms with van der Waals surface area (Å²) in [6.07, 6.45) is -0.393. The third-order valence-corrected chi connectivity index (χ3v) is 6.38. The van der Waals surface area contributed by atoms with E-state index < -0.39 is 35.6 Å². The van der Waals surface area contributed by atoms with Gasteiger partial charge in [0.1, 0.15) is 17.7 Å². The normalized spacial score (nSPS) is 13.0. The standard InChI is InChI=1S/C32H41N3O5/c1-21(2)19-27(34-31(39)40-32(4,5)6)30(38)35(17-18-36)28(26-14-10-7-11-22(26)3)29(37)33-25-16-15-23-12-8-9-13-24(23)20-25/h7-16,20-21,27-28,36H,17-19H2,1-6H3,(H,33,37)(H,34,39). The predicted molar refractivity (Wildman–Crippen MR) is 158 cm³/mol. The van der Waals surface area contributed by atoms with Gasteiger partial charge in [-0.1, -0.05) is 68.4 Å². The minimum Gasteiger partial charge on any atom is -0.444 e. The Hall–Kier alpha value is -3.91. The van der Waals surface area contributed by atoms with E-state index in [4.69, 9.17) is 4.74 Å². The summed E-state index contributed by atoms with van der Waals surface area (Å²) in [5, 5.41) is 17.7. The van der Waals surface area contributed by atoms with Crippen LogP contribution in [0.1, 0.15) is 58.2 Å². The van der Waals surface area contributed by atoms with E-state index in [1.165, 1.54) is 4.90 Å². The van der Waals surface area contributed by atoms with Gasteiger partial charge < -0.3 is 25.4 Å². The molecule has 3 aromatic carbocycles. The fraction of sp³-hybridized carbons (Fsp3) is 0.406. The lowest BCUT2D eigenvalue weighted by atomic mass is 9.96. The zero-order valence-corrected chi connectivity index (χ0v) is 24.2. The van der Waals surface area contributed by atoms with Crippen LogP contribution >= 0.6 is 0 Å². The largest absolute Gasteiger partial charge is 0.444 e. The molecule has 0 fully saturated rings. The number of benzene rings is 3. The number of hydrogen-bond acceptors (Lipinski definition) is 5. The van der Waals surface area contributed by atoms with Crippen LogP contribution < -0.4 is 10.6 Å². The smallest absolute Gasteiger partial charge is 0.408 e. The molecule has 0 aliphatic rings. The molecule has 40 heavy (non-hydrogen) atoms. The predicted octanol–water partition coefficient (Wildman–Crippen LogP) is 5.59. The highest BCUT2D eigenvalue weighted by Crippen LogP contribution is 2.28. The summed E-state index contributed by atoms with van der Waals surface area (Å²) in [5.74, 6) is -0.842. The van der Waals surface area contributed by atoms with Gasteiger partial charge in [0, 0.05) is 12.2 Å². The number of aryl methyl sites for hydroxylation is 1. The van der Waals surface area contributed by atoms with Gasteiger partial charge in [-0.25, -0.2) is 4.79 Å². The molecule has 2 atom stereocenters. The Morgan fingerprint density at radius 3 is 2.23 bits per heavy atom. The first-order valence-corrected chi connectivity index (χ1v) is 13.7. The summed E-state index contributed by atoms with van der Waals surface area (Å²) in [4.78, 5) is 42.1. The van der Waals surface area contributed by atoms with Gasteiger partial charge in [-0.2, -0.15) is 0 Å². The molecule has 0 bridgehead atoms. The number of nitrogens with zero attached hydrogens (tertiary/aromatic N) is 1. The molecule has 3 amide bonds. The molecule has 0 aromatic heterocycles. The van der Waals surface area contributed by atoms with Crippen molar-refractivity contribution in [2.75, 3.05) is 18.5 Å². The number of amides is 3. The lowest BCUT2D eigenvalue weighted by molar-refractivity contribution is -0.141. The Kier molecular flexibility index (Phi) is 10.3. The Bertz CT molecular complexity index is 1330. The third kappa shape index (κ3) is 8.29. The van der Waals surface area contributed by atoms with E-state index in [2.05, 4.69) is 10.6 Å². The zero-order chi connectivity index (χ0) is 29.4. The highest BCUT2D eigenvalue weighted by molar-refractivity contribution is 6.00. The van der Waals surface area contributed by atoms with Gasteiger partial charge in [-0.3, -0.25) is 9.59 Å². The van der Waals surface area contributed by atoms with Gasteiger partial charge in [-0.15, -0.1) is 0 Å². The van der Waals surface area contributed by atoms with Crippen molar-refractivity contribution in [3.8, 4) is 0 Å². The maximum absolute atomic E-state index is 14.1. The number of fused-ring (bicyclic) bond motifs is 1. The number of carbonyl (C=O) groups is 3. The van der Waals surface area contributed by atoms with Crippen molar-refractivity contribution in [1.29, 1.82) is 0 Å². The first-order valence-electron chi connectivity index (χ1n) is 13.7. The quantitative estimate of drug-likeness (QED) is 0.307. The van der Waals surface area contributed by atoms with Crippen LogP contribution in [0.25, 0.3) is 10.8 Å². The third-order valence-electron chi connectivity index (χ3n) is 6.38. The number of hydrogen-bond donors (Lipinski definition) is 3. The van der Waals surface area contributed by atoms with E-state index in [1.807, 2.05) is 81.4 Å². The molecule has 2 unspecified atom stereocenters. The Morgan fingerprint density at radius 2 is 1.60 bits per heavy atom. The minimum absolute atomic E-state index is 0.0585. The van der Waals surface area contributed by atoms with Crippen molar-refractivity contribution >= 4 is 34.4 Å². The molecule has 3 aromatic rings. The lowest BCUT2D eigenvalue weighted by Crippen LogP contribution is -2.53. The number of carbonyl (C=O) groups excluding carboxylic acids is 3. The second-order valence-corrected chi connectivity index (χ2v) is 11.4. The molecular weight excluding hydrogens is 506 g/mol. The van der Waals surface area contributed by atoms with Crippen LogP contribution in [-0.2, 0) is 14.3 Å². The van der Waals surface area contributed by atoms with E-state index >= 15 is 0 Å². The molecule has 0 spiro atoms. The van der Waals surface area contributed by atoms with E-state index in [1.54, 1.807) is 26.8 Å².